The molecule has 2 atom stereocenters. The normalized spacial score (nSPS) is 18.0. The van der Waals surface area contributed by atoms with Crippen LogP contribution in [0.4, 0.5) is 5.69 Å². The van der Waals surface area contributed by atoms with Gasteiger partial charge in [-0.3, -0.25) is 14.4 Å². The molecule has 1 aromatic carbocycles. The highest BCUT2D eigenvalue weighted by Gasteiger charge is 2.24. The Labute approximate surface area is 133 Å². The van der Waals surface area contributed by atoms with E-state index >= 15 is 0 Å². The molecule has 0 spiro atoms. The number of anilines is 1. The minimum Gasteiger partial charge on any atom is -0.355 e. The Morgan fingerprint density at radius 2 is 2.14 bits per heavy atom. The lowest BCUT2D eigenvalue weighted by atomic mass is 10.1. The molecule has 0 aromatic heterocycles. The van der Waals surface area contributed by atoms with Crippen LogP contribution in [0.2, 0.25) is 0 Å². The van der Waals surface area contributed by atoms with Crippen LogP contribution < -0.4 is 16.0 Å². The number of nitrogens with one attached hydrogen (secondary N) is 3. The lowest BCUT2D eigenvalue weighted by molar-refractivity contribution is -0.122. The van der Waals surface area contributed by atoms with Crippen molar-refractivity contribution in [1.29, 1.82) is 0 Å². The molecule has 118 valence electrons. The molecule has 1 heterocycles. The van der Waals surface area contributed by atoms with Crippen LogP contribution >= 0.6 is 11.8 Å². The number of carbonyl (C=O) groups is 3. The van der Waals surface area contributed by atoms with E-state index in [1.54, 1.807) is 19.1 Å². The smallest absolute Gasteiger partial charge is 0.251 e. The van der Waals surface area contributed by atoms with Crippen LogP contribution in [0, 0.1) is 0 Å². The van der Waals surface area contributed by atoms with Gasteiger partial charge in [-0.2, -0.15) is 0 Å². The van der Waals surface area contributed by atoms with Crippen molar-refractivity contribution in [3.63, 3.8) is 0 Å². The zero-order chi connectivity index (χ0) is 16.3. The van der Waals surface area contributed by atoms with Crippen molar-refractivity contribution in [2.45, 2.75) is 37.0 Å². The number of hydrogen-bond acceptors (Lipinski definition) is 4. The summed E-state index contributed by atoms with van der Waals surface area (Å²) in [5.41, 5.74) is 1.04. The Bertz CT molecular complexity index is 618. The van der Waals surface area contributed by atoms with E-state index in [0.717, 1.165) is 4.90 Å². The van der Waals surface area contributed by atoms with E-state index < -0.39 is 6.04 Å². The van der Waals surface area contributed by atoms with Crippen LogP contribution in [-0.2, 0) is 9.59 Å². The van der Waals surface area contributed by atoms with Gasteiger partial charge in [0.1, 0.15) is 6.04 Å². The van der Waals surface area contributed by atoms with Gasteiger partial charge in [-0.15, -0.1) is 11.8 Å². The molecule has 0 bridgehead atoms. The summed E-state index contributed by atoms with van der Waals surface area (Å²) in [4.78, 5) is 36.4. The van der Waals surface area contributed by atoms with E-state index in [4.69, 9.17) is 0 Å². The minimum absolute atomic E-state index is 0.0780. The van der Waals surface area contributed by atoms with Gasteiger partial charge < -0.3 is 16.0 Å². The highest BCUT2D eigenvalue weighted by Crippen LogP contribution is 2.35. The first-order chi connectivity index (χ1) is 10.4. The summed E-state index contributed by atoms with van der Waals surface area (Å²) in [7, 11) is 0. The van der Waals surface area contributed by atoms with Crippen molar-refractivity contribution in [3.05, 3.63) is 23.8 Å². The Morgan fingerprint density at radius 1 is 1.41 bits per heavy atom. The lowest BCUT2D eigenvalue weighted by Gasteiger charge is -2.22. The third kappa shape index (κ3) is 3.59. The van der Waals surface area contributed by atoms with E-state index in [9.17, 15) is 14.4 Å². The number of benzene rings is 1. The third-order valence-electron chi connectivity index (χ3n) is 3.26. The fourth-order valence-corrected chi connectivity index (χ4v) is 2.95. The topological polar surface area (TPSA) is 87.3 Å². The van der Waals surface area contributed by atoms with Gasteiger partial charge in [0.05, 0.1) is 10.9 Å². The first-order valence-corrected chi connectivity index (χ1v) is 8.00. The zero-order valence-corrected chi connectivity index (χ0v) is 13.5. The lowest BCUT2D eigenvalue weighted by Crippen LogP contribution is -2.44. The monoisotopic (exact) mass is 321 g/mol. The summed E-state index contributed by atoms with van der Waals surface area (Å²) in [6, 6.07) is 4.51. The molecule has 2 rings (SSSR count). The molecule has 0 fully saturated rings. The SMILES string of the molecule is CCNC(=O)C(C)NC(=O)c1ccc2c(c1)NC(=O)C(C)S2. The first kappa shape index (κ1) is 16.4. The maximum atomic E-state index is 12.2. The van der Waals surface area contributed by atoms with Crippen LogP contribution in [0.25, 0.3) is 0 Å². The van der Waals surface area contributed by atoms with E-state index in [1.165, 1.54) is 11.8 Å². The maximum Gasteiger partial charge on any atom is 0.251 e. The predicted molar refractivity (Wildman–Crippen MR) is 86.0 cm³/mol. The molecule has 6 nitrogen and oxygen atoms in total. The summed E-state index contributed by atoms with van der Waals surface area (Å²) in [5, 5.41) is 7.92. The van der Waals surface area contributed by atoms with Crippen molar-refractivity contribution >= 4 is 35.2 Å². The quantitative estimate of drug-likeness (QED) is 0.782. The van der Waals surface area contributed by atoms with Crippen LogP contribution in [0.1, 0.15) is 31.1 Å². The van der Waals surface area contributed by atoms with E-state index in [-0.39, 0.29) is 23.0 Å². The molecule has 3 N–H and O–H groups in total. The maximum absolute atomic E-state index is 12.2. The van der Waals surface area contributed by atoms with Crippen molar-refractivity contribution in [3.8, 4) is 0 Å². The molecular weight excluding hydrogens is 302 g/mol. The van der Waals surface area contributed by atoms with Gasteiger partial charge in [0.15, 0.2) is 0 Å². The average Bonchev–Trinajstić information content (AvgIpc) is 2.48. The molecule has 0 radical (unpaired) electrons. The van der Waals surface area contributed by atoms with Gasteiger partial charge in [-0.25, -0.2) is 0 Å². The molecular formula is C15H19N3O3S. The number of hydrogen-bond donors (Lipinski definition) is 3. The van der Waals surface area contributed by atoms with Gasteiger partial charge in [0, 0.05) is 17.0 Å². The van der Waals surface area contributed by atoms with Crippen LogP contribution in [0.15, 0.2) is 23.1 Å². The highest BCUT2D eigenvalue weighted by molar-refractivity contribution is 8.00. The summed E-state index contributed by atoms with van der Waals surface area (Å²) in [6.07, 6.45) is 0. The molecule has 0 aliphatic carbocycles. The molecule has 0 saturated carbocycles. The molecule has 1 aliphatic rings. The van der Waals surface area contributed by atoms with Gasteiger partial charge in [0.25, 0.3) is 5.91 Å². The summed E-state index contributed by atoms with van der Waals surface area (Å²) < 4.78 is 0. The van der Waals surface area contributed by atoms with E-state index in [2.05, 4.69) is 16.0 Å². The fourth-order valence-electron chi connectivity index (χ4n) is 2.02. The number of thioether (sulfide) groups is 1. The standard InChI is InChI=1S/C15H19N3O3S/c1-4-16-13(19)8(2)17-15(21)10-5-6-12-11(7-10)18-14(20)9(3)22-12/h5-9H,4H2,1-3H3,(H,16,19)(H,17,21)(H,18,20). The molecule has 0 saturated heterocycles. The molecule has 2 unspecified atom stereocenters. The predicted octanol–water partition coefficient (Wildman–Crippen LogP) is 1.37. The number of carbonyl (C=O) groups excluding carboxylic acids is 3. The van der Waals surface area contributed by atoms with Gasteiger partial charge in [-0.1, -0.05) is 0 Å². The number of rotatable bonds is 4. The molecule has 7 heteroatoms. The van der Waals surface area contributed by atoms with Crippen molar-refractivity contribution in [2.24, 2.45) is 0 Å². The van der Waals surface area contributed by atoms with Crippen LogP contribution in [0.5, 0.6) is 0 Å². The largest absolute Gasteiger partial charge is 0.355 e. The second-order valence-electron chi connectivity index (χ2n) is 5.05. The number of amides is 3. The first-order valence-electron chi connectivity index (χ1n) is 7.12. The van der Waals surface area contributed by atoms with Crippen LogP contribution in [-0.4, -0.2) is 35.6 Å². The average molecular weight is 321 g/mol. The number of likely N-dealkylation sites (N-methyl/N-ethyl adjacent to an activating group) is 1. The second kappa shape index (κ2) is 6.83. The second-order valence-corrected chi connectivity index (χ2v) is 6.43. The van der Waals surface area contributed by atoms with Gasteiger partial charge >= 0.3 is 0 Å². The minimum atomic E-state index is -0.618. The van der Waals surface area contributed by atoms with E-state index in [1.807, 2.05) is 19.9 Å². The summed E-state index contributed by atoms with van der Waals surface area (Å²) in [5.74, 6) is -0.656. The Kier molecular flexibility index (Phi) is 5.07. The molecule has 3 amide bonds. The zero-order valence-electron chi connectivity index (χ0n) is 12.7. The number of fused-ring (bicyclic) bond motifs is 1. The molecule has 1 aliphatic heterocycles. The van der Waals surface area contributed by atoms with Gasteiger partial charge in [-0.05, 0) is 39.0 Å². The Hall–Kier alpha value is -2.02. The molecule has 1 aromatic rings. The summed E-state index contributed by atoms with van der Waals surface area (Å²) >= 11 is 1.46. The summed E-state index contributed by atoms with van der Waals surface area (Å²) in [6.45, 7) is 5.79. The van der Waals surface area contributed by atoms with Crippen molar-refractivity contribution < 1.29 is 14.4 Å². The highest BCUT2D eigenvalue weighted by atomic mass is 32.2. The fraction of sp³-hybridized carbons (Fsp3) is 0.400. The Morgan fingerprint density at radius 3 is 2.82 bits per heavy atom. The van der Waals surface area contributed by atoms with Crippen LogP contribution in [0.3, 0.4) is 0 Å². The van der Waals surface area contributed by atoms with Crippen molar-refractivity contribution in [1.82, 2.24) is 10.6 Å². The van der Waals surface area contributed by atoms with Gasteiger partial charge in [0.2, 0.25) is 11.8 Å². The van der Waals surface area contributed by atoms with Crippen molar-refractivity contribution in [2.75, 3.05) is 11.9 Å². The Balaban J connectivity index is 2.10. The molecule has 22 heavy (non-hydrogen) atoms. The van der Waals surface area contributed by atoms with E-state index in [0.29, 0.717) is 17.8 Å². The third-order valence-corrected chi connectivity index (χ3v) is 4.44.